The van der Waals surface area contributed by atoms with Crippen LogP contribution in [0, 0.1) is 0 Å². The molecule has 0 fully saturated rings. The molecule has 1 rings (SSSR count). The monoisotopic (exact) mass is 341 g/mol. The summed E-state index contributed by atoms with van der Waals surface area (Å²) in [6, 6.07) is 10.1. The van der Waals surface area contributed by atoms with Gasteiger partial charge in [0.25, 0.3) is 0 Å². The first-order valence-electron chi connectivity index (χ1n) is 6.81. The number of oxime groups is 1. The maximum Gasteiger partial charge on any atom is 0.446 e. The fraction of sp³-hybridized carbons (Fsp3) is 0.467. The van der Waals surface area contributed by atoms with Gasteiger partial charge in [0.15, 0.2) is 0 Å². The van der Waals surface area contributed by atoms with Gasteiger partial charge in [0.2, 0.25) is 0 Å². The summed E-state index contributed by atoms with van der Waals surface area (Å²) in [7, 11) is 3.57. The van der Waals surface area contributed by atoms with E-state index in [0.717, 1.165) is 6.54 Å². The lowest BCUT2D eigenvalue weighted by molar-refractivity contribution is 0.136. The molecule has 0 atom stereocenters. The van der Waals surface area contributed by atoms with Crippen molar-refractivity contribution in [1.29, 1.82) is 0 Å². The second kappa shape index (κ2) is 9.07. The van der Waals surface area contributed by atoms with Gasteiger partial charge in [-0.25, -0.2) is 13.4 Å². The smallest absolute Gasteiger partial charge is 0.298 e. The van der Waals surface area contributed by atoms with Crippen molar-refractivity contribution in [2.45, 2.75) is 25.1 Å². The predicted octanol–water partition coefficient (Wildman–Crippen LogP) is 3.88. The normalized spacial score (nSPS) is 11.9. The minimum absolute atomic E-state index is 0.157. The largest absolute Gasteiger partial charge is 0.446 e. The Labute approximate surface area is 141 Å². The van der Waals surface area contributed by atoms with Crippen molar-refractivity contribution in [2.24, 2.45) is 5.16 Å². The van der Waals surface area contributed by atoms with Crippen LogP contribution in [-0.4, -0.2) is 46.0 Å². The predicted molar refractivity (Wildman–Crippen MR) is 95.8 cm³/mol. The topological polar surface area (TPSA) is 45.1 Å². The molecule has 0 N–H and O–H groups in total. The Bertz CT molecular complexity index is 495. The summed E-state index contributed by atoms with van der Waals surface area (Å²) >= 11 is 2.91. The molecule has 0 saturated heterocycles. The van der Waals surface area contributed by atoms with Crippen LogP contribution in [0.1, 0.15) is 19.4 Å². The Balaban J connectivity index is 2.40. The Hall–Kier alpha value is -1.18. The van der Waals surface area contributed by atoms with Crippen molar-refractivity contribution in [3.8, 4) is 0 Å². The van der Waals surface area contributed by atoms with E-state index in [4.69, 9.17) is 4.84 Å². The molecule has 22 heavy (non-hydrogen) atoms. The van der Waals surface area contributed by atoms with Crippen LogP contribution < -0.4 is 0 Å². The van der Waals surface area contributed by atoms with Crippen LogP contribution in [0.4, 0.5) is 4.79 Å². The molecule has 0 bridgehead atoms. The molecular formula is C15H23N3O2S2. The summed E-state index contributed by atoms with van der Waals surface area (Å²) in [5.41, 5.74) is 1.18. The average Bonchev–Trinajstić information content (AvgIpc) is 2.47. The van der Waals surface area contributed by atoms with Crippen LogP contribution >= 0.6 is 23.9 Å². The van der Waals surface area contributed by atoms with Crippen molar-refractivity contribution < 1.29 is 9.63 Å². The fourth-order valence-electron chi connectivity index (χ4n) is 1.42. The maximum absolute atomic E-state index is 11.8. The van der Waals surface area contributed by atoms with Crippen LogP contribution in [0.15, 0.2) is 35.5 Å². The number of hydrogen-bond acceptors (Lipinski definition) is 6. The summed E-state index contributed by atoms with van der Waals surface area (Å²) in [6.07, 6.45) is 3.11. The third-order valence-electron chi connectivity index (χ3n) is 2.79. The molecule has 0 spiro atoms. The molecule has 1 aromatic rings. The summed E-state index contributed by atoms with van der Waals surface area (Å²) in [6.45, 7) is 4.73. The molecule has 122 valence electrons. The SMILES string of the molecule is CSC(C)(C)C=NOC(=O)N(C)SN(C)Cc1ccccc1. The Morgan fingerprint density at radius 2 is 1.95 bits per heavy atom. The van der Waals surface area contributed by atoms with E-state index in [2.05, 4.69) is 5.16 Å². The van der Waals surface area contributed by atoms with Crippen LogP contribution in [0.5, 0.6) is 0 Å². The van der Waals surface area contributed by atoms with E-state index < -0.39 is 6.09 Å². The zero-order valence-corrected chi connectivity index (χ0v) is 15.3. The van der Waals surface area contributed by atoms with Gasteiger partial charge in [0.1, 0.15) is 0 Å². The molecule has 0 unspecified atom stereocenters. The first kappa shape index (κ1) is 18.9. The number of amides is 1. The van der Waals surface area contributed by atoms with E-state index >= 15 is 0 Å². The Kier molecular flexibility index (Phi) is 7.78. The van der Waals surface area contributed by atoms with Crippen molar-refractivity contribution in [1.82, 2.24) is 8.61 Å². The highest BCUT2D eigenvalue weighted by Crippen LogP contribution is 2.19. The Morgan fingerprint density at radius 3 is 2.55 bits per heavy atom. The number of benzene rings is 1. The first-order valence-corrected chi connectivity index (χ1v) is 8.77. The summed E-state index contributed by atoms with van der Waals surface area (Å²) in [4.78, 5) is 16.7. The fourth-order valence-corrected chi connectivity index (χ4v) is 2.29. The van der Waals surface area contributed by atoms with Crippen molar-refractivity contribution in [3.63, 3.8) is 0 Å². The minimum atomic E-state index is -0.502. The molecule has 0 aliphatic rings. The lowest BCUT2D eigenvalue weighted by atomic mass is 10.2. The van der Waals surface area contributed by atoms with Crippen LogP contribution in [0.2, 0.25) is 0 Å². The Morgan fingerprint density at radius 1 is 1.32 bits per heavy atom. The second-order valence-electron chi connectivity index (χ2n) is 5.25. The second-order valence-corrected chi connectivity index (χ2v) is 8.04. The number of rotatable bonds is 7. The number of thioether (sulfide) groups is 1. The van der Waals surface area contributed by atoms with Gasteiger partial charge in [-0.2, -0.15) is 11.8 Å². The lowest BCUT2D eigenvalue weighted by Crippen LogP contribution is -2.25. The molecular weight excluding hydrogens is 318 g/mol. The molecule has 1 amide bonds. The van der Waals surface area contributed by atoms with Gasteiger partial charge in [-0.15, -0.1) is 0 Å². The molecule has 0 aliphatic carbocycles. The highest BCUT2D eigenvalue weighted by Gasteiger charge is 2.16. The molecule has 0 aromatic heterocycles. The summed E-state index contributed by atoms with van der Waals surface area (Å²) in [5, 5.41) is 3.76. The quantitative estimate of drug-likeness (QED) is 0.326. The summed E-state index contributed by atoms with van der Waals surface area (Å²) < 4.78 is 3.20. The molecule has 1 aromatic carbocycles. The van der Waals surface area contributed by atoms with Gasteiger partial charge < -0.3 is 0 Å². The molecule has 0 saturated carbocycles. The summed E-state index contributed by atoms with van der Waals surface area (Å²) in [5.74, 6) is 0. The molecule has 5 nitrogen and oxygen atoms in total. The van der Waals surface area contributed by atoms with Crippen LogP contribution in [0.25, 0.3) is 0 Å². The number of nitrogens with zero attached hydrogens (tertiary/aromatic N) is 3. The van der Waals surface area contributed by atoms with Gasteiger partial charge >= 0.3 is 6.09 Å². The van der Waals surface area contributed by atoms with Gasteiger partial charge in [0, 0.05) is 30.5 Å². The maximum atomic E-state index is 11.8. The van der Waals surface area contributed by atoms with E-state index in [1.807, 2.05) is 61.8 Å². The van der Waals surface area contributed by atoms with Crippen LogP contribution in [-0.2, 0) is 11.4 Å². The lowest BCUT2D eigenvalue weighted by Gasteiger charge is -2.21. The zero-order valence-electron chi connectivity index (χ0n) is 13.6. The highest BCUT2D eigenvalue weighted by atomic mass is 32.2. The van der Waals surface area contributed by atoms with E-state index in [1.165, 1.54) is 22.0 Å². The molecule has 0 radical (unpaired) electrons. The number of carbonyl (C=O) groups is 1. The van der Waals surface area contributed by atoms with Crippen LogP contribution in [0.3, 0.4) is 0 Å². The average molecular weight is 342 g/mol. The third-order valence-corrected chi connectivity index (χ3v) is 4.75. The molecule has 0 aliphatic heterocycles. The van der Waals surface area contributed by atoms with Gasteiger partial charge in [-0.3, -0.25) is 4.84 Å². The van der Waals surface area contributed by atoms with Crippen molar-refractivity contribution >= 4 is 36.2 Å². The minimum Gasteiger partial charge on any atom is -0.298 e. The third kappa shape index (κ3) is 7.20. The van der Waals surface area contributed by atoms with Gasteiger partial charge in [-0.05, 0) is 32.7 Å². The van der Waals surface area contributed by atoms with E-state index in [0.29, 0.717) is 0 Å². The van der Waals surface area contributed by atoms with Gasteiger partial charge in [0.05, 0.1) is 6.21 Å². The van der Waals surface area contributed by atoms with E-state index in [1.54, 1.807) is 25.0 Å². The van der Waals surface area contributed by atoms with E-state index in [-0.39, 0.29) is 4.75 Å². The molecule has 7 heteroatoms. The van der Waals surface area contributed by atoms with E-state index in [9.17, 15) is 4.79 Å². The van der Waals surface area contributed by atoms with Gasteiger partial charge in [-0.1, -0.05) is 35.5 Å². The first-order chi connectivity index (χ1) is 10.3. The van der Waals surface area contributed by atoms with Crippen molar-refractivity contribution in [3.05, 3.63) is 35.9 Å². The van der Waals surface area contributed by atoms with Crippen molar-refractivity contribution in [2.75, 3.05) is 20.4 Å². The highest BCUT2D eigenvalue weighted by molar-refractivity contribution is 8.00. The molecule has 0 heterocycles. The zero-order chi connectivity index (χ0) is 16.6. The number of carbonyl (C=O) groups excluding carboxylic acids is 1. The standard InChI is InChI=1S/C15H23N3O2S2/c1-15(2,21-5)12-16-20-14(19)18(4)22-17(3)11-13-9-7-6-8-10-13/h6-10,12H,11H2,1-5H3. The number of hydrogen-bond donors (Lipinski definition) is 0.